The minimum Gasteiger partial charge on any atom is -0.479 e. The van der Waals surface area contributed by atoms with E-state index < -0.39 is 12.1 Å². The summed E-state index contributed by atoms with van der Waals surface area (Å²) in [5, 5.41) is 8.83. The van der Waals surface area contributed by atoms with Gasteiger partial charge in [0.2, 0.25) is 5.88 Å². The fraction of sp³-hybridized carbons (Fsp3) is 0.118. The number of benzene rings is 2. The largest absolute Gasteiger partial charge is 0.479 e. The fourth-order valence-electron chi connectivity index (χ4n) is 1.98. The Bertz CT molecular complexity index is 883. The maximum atomic E-state index is 10.8. The Morgan fingerprint density at radius 3 is 2.54 bits per heavy atom. The first-order valence-electron chi connectivity index (χ1n) is 7.11. The van der Waals surface area contributed by atoms with E-state index in [1.165, 1.54) is 6.92 Å². The lowest BCUT2D eigenvalue weighted by atomic mass is 10.3. The monoisotopic (exact) mass is 388 g/mol. The van der Waals surface area contributed by atoms with E-state index in [9.17, 15) is 4.79 Å². The number of aromatic nitrogens is 2. The molecule has 0 aliphatic heterocycles. The highest BCUT2D eigenvalue weighted by Crippen LogP contribution is 2.25. The number of carboxylic acids is 1. The second-order valence-corrected chi connectivity index (χ2v) is 5.93. The zero-order valence-electron chi connectivity index (χ0n) is 12.6. The maximum Gasteiger partial charge on any atom is 0.344 e. The van der Waals surface area contributed by atoms with Gasteiger partial charge in [0, 0.05) is 4.47 Å². The summed E-state index contributed by atoms with van der Waals surface area (Å²) in [5.41, 5.74) is 1.49. The Morgan fingerprint density at radius 2 is 1.83 bits per heavy atom. The Hall–Kier alpha value is -2.67. The molecule has 0 aliphatic rings. The van der Waals surface area contributed by atoms with Crippen molar-refractivity contribution in [3.8, 4) is 17.4 Å². The molecule has 1 N–H and O–H groups in total. The highest BCUT2D eigenvalue weighted by Gasteiger charge is 2.12. The normalized spacial score (nSPS) is 11.9. The first-order chi connectivity index (χ1) is 11.5. The highest BCUT2D eigenvalue weighted by molar-refractivity contribution is 9.10. The van der Waals surface area contributed by atoms with Crippen LogP contribution in [0.5, 0.6) is 17.4 Å². The molecule has 0 fully saturated rings. The molecule has 0 aliphatic carbocycles. The molecule has 0 bridgehead atoms. The van der Waals surface area contributed by atoms with Crippen molar-refractivity contribution < 1.29 is 19.4 Å². The molecular weight excluding hydrogens is 376 g/mol. The van der Waals surface area contributed by atoms with E-state index in [0.717, 1.165) is 15.5 Å². The topological polar surface area (TPSA) is 81.5 Å². The molecule has 2 aromatic carbocycles. The van der Waals surface area contributed by atoms with Crippen molar-refractivity contribution in [2.75, 3.05) is 0 Å². The second-order valence-electron chi connectivity index (χ2n) is 5.01. The van der Waals surface area contributed by atoms with Crippen molar-refractivity contribution in [2.45, 2.75) is 13.0 Å². The molecule has 3 aromatic rings. The van der Waals surface area contributed by atoms with E-state index in [-0.39, 0.29) is 0 Å². The third-order valence-electron chi connectivity index (χ3n) is 3.19. The lowest BCUT2D eigenvalue weighted by Crippen LogP contribution is -2.22. The van der Waals surface area contributed by atoms with Gasteiger partial charge in [-0.25, -0.2) is 14.8 Å². The van der Waals surface area contributed by atoms with E-state index in [2.05, 4.69) is 25.9 Å². The Balaban J connectivity index is 1.75. The predicted octanol–water partition coefficient (Wildman–Crippen LogP) is 4.04. The summed E-state index contributed by atoms with van der Waals surface area (Å²) in [7, 11) is 0. The van der Waals surface area contributed by atoms with Crippen LogP contribution in [-0.2, 0) is 4.79 Å². The number of fused-ring (bicyclic) bond motifs is 1. The third kappa shape index (κ3) is 3.80. The summed E-state index contributed by atoms with van der Waals surface area (Å²) in [5.74, 6) is 0.348. The SMILES string of the molecule is CC(Oc1ccc(Oc2cnc3ccc(Br)cc3n2)cc1)C(=O)O. The van der Waals surface area contributed by atoms with Crippen molar-refractivity contribution >= 4 is 32.9 Å². The summed E-state index contributed by atoms with van der Waals surface area (Å²) >= 11 is 3.40. The molecule has 1 atom stereocenters. The Labute approximate surface area is 146 Å². The highest BCUT2D eigenvalue weighted by atomic mass is 79.9. The molecule has 3 rings (SSSR count). The van der Waals surface area contributed by atoms with Crippen molar-refractivity contribution in [3.63, 3.8) is 0 Å². The van der Waals surface area contributed by atoms with Crippen LogP contribution in [0.3, 0.4) is 0 Å². The minimum atomic E-state index is -1.02. The zero-order chi connectivity index (χ0) is 17.1. The van der Waals surface area contributed by atoms with Gasteiger partial charge in [-0.05, 0) is 49.4 Å². The first kappa shape index (κ1) is 16.2. The third-order valence-corrected chi connectivity index (χ3v) is 3.68. The van der Waals surface area contributed by atoms with Gasteiger partial charge in [0.15, 0.2) is 6.10 Å². The molecule has 1 aromatic heterocycles. The van der Waals surface area contributed by atoms with Crippen LogP contribution in [0.1, 0.15) is 6.92 Å². The number of hydrogen-bond donors (Lipinski definition) is 1. The second kappa shape index (κ2) is 6.84. The van der Waals surface area contributed by atoms with Crippen molar-refractivity contribution in [1.29, 1.82) is 0 Å². The molecule has 24 heavy (non-hydrogen) atoms. The number of nitrogens with zero attached hydrogens (tertiary/aromatic N) is 2. The van der Waals surface area contributed by atoms with E-state index in [4.69, 9.17) is 14.6 Å². The summed E-state index contributed by atoms with van der Waals surface area (Å²) in [6.07, 6.45) is 0.634. The maximum absolute atomic E-state index is 10.8. The van der Waals surface area contributed by atoms with Crippen LogP contribution in [-0.4, -0.2) is 27.1 Å². The van der Waals surface area contributed by atoms with Crippen LogP contribution in [0.4, 0.5) is 0 Å². The lowest BCUT2D eigenvalue weighted by molar-refractivity contribution is -0.144. The van der Waals surface area contributed by atoms with Gasteiger partial charge in [-0.3, -0.25) is 0 Å². The standard InChI is InChI=1S/C17H13BrN2O4/c1-10(17(21)22)23-12-3-5-13(6-4-12)24-16-9-19-14-7-2-11(18)8-15(14)20-16/h2-10H,1H3,(H,21,22). The summed E-state index contributed by atoms with van der Waals surface area (Å²) in [4.78, 5) is 19.5. The number of hydrogen-bond acceptors (Lipinski definition) is 5. The van der Waals surface area contributed by atoms with E-state index in [1.54, 1.807) is 30.5 Å². The number of carboxylic acid groups (broad SMARTS) is 1. The van der Waals surface area contributed by atoms with Crippen LogP contribution >= 0.6 is 15.9 Å². The Kier molecular flexibility index (Phi) is 4.61. The van der Waals surface area contributed by atoms with Gasteiger partial charge in [-0.15, -0.1) is 0 Å². The first-order valence-corrected chi connectivity index (χ1v) is 7.90. The van der Waals surface area contributed by atoms with E-state index in [0.29, 0.717) is 17.4 Å². The summed E-state index contributed by atoms with van der Waals surface area (Å²) in [6, 6.07) is 12.3. The molecule has 122 valence electrons. The smallest absolute Gasteiger partial charge is 0.344 e. The number of carbonyl (C=O) groups is 1. The van der Waals surface area contributed by atoms with Gasteiger partial charge in [0.25, 0.3) is 0 Å². The van der Waals surface area contributed by atoms with Gasteiger partial charge >= 0.3 is 5.97 Å². The lowest BCUT2D eigenvalue weighted by Gasteiger charge is -2.11. The molecule has 0 saturated heterocycles. The van der Waals surface area contributed by atoms with Crippen LogP contribution in [0, 0.1) is 0 Å². The molecular formula is C17H13BrN2O4. The molecule has 0 saturated carbocycles. The zero-order valence-corrected chi connectivity index (χ0v) is 14.2. The molecule has 6 nitrogen and oxygen atoms in total. The van der Waals surface area contributed by atoms with Crippen LogP contribution < -0.4 is 9.47 Å². The van der Waals surface area contributed by atoms with Crippen molar-refractivity contribution in [3.05, 3.63) is 53.1 Å². The fourth-order valence-corrected chi connectivity index (χ4v) is 2.33. The minimum absolute atomic E-state index is 0.369. The van der Waals surface area contributed by atoms with Gasteiger partial charge in [0.1, 0.15) is 11.5 Å². The number of aliphatic carboxylic acids is 1. The van der Waals surface area contributed by atoms with Gasteiger partial charge in [-0.1, -0.05) is 15.9 Å². The van der Waals surface area contributed by atoms with Crippen molar-refractivity contribution in [2.24, 2.45) is 0 Å². The molecule has 0 spiro atoms. The van der Waals surface area contributed by atoms with Gasteiger partial charge in [0.05, 0.1) is 17.2 Å². The summed E-state index contributed by atoms with van der Waals surface area (Å²) in [6.45, 7) is 1.47. The molecule has 7 heteroatoms. The van der Waals surface area contributed by atoms with Gasteiger partial charge < -0.3 is 14.6 Å². The average Bonchev–Trinajstić information content (AvgIpc) is 2.56. The van der Waals surface area contributed by atoms with Crippen LogP contribution in [0.2, 0.25) is 0 Å². The van der Waals surface area contributed by atoms with Crippen LogP contribution in [0.15, 0.2) is 53.1 Å². The molecule has 1 heterocycles. The van der Waals surface area contributed by atoms with Crippen molar-refractivity contribution in [1.82, 2.24) is 9.97 Å². The quantitative estimate of drug-likeness (QED) is 0.710. The van der Waals surface area contributed by atoms with E-state index in [1.807, 2.05) is 18.2 Å². The molecule has 1 unspecified atom stereocenters. The van der Waals surface area contributed by atoms with Crippen LogP contribution in [0.25, 0.3) is 11.0 Å². The summed E-state index contributed by atoms with van der Waals surface area (Å²) < 4.78 is 11.8. The predicted molar refractivity (Wildman–Crippen MR) is 91.5 cm³/mol. The number of rotatable bonds is 5. The molecule has 0 amide bonds. The average molecular weight is 389 g/mol. The number of halogens is 1. The Morgan fingerprint density at radius 1 is 1.12 bits per heavy atom. The van der Waals surface area contributed by atoms with Gasteiger partial charge in [-0.2, -0.15) is 0 Å². The number of ether oxygens (including phenoxy) is 2. The van der Waals surface area contributed by atoms with E-state index >= 15 is 0 Å². The molecule has 0 radical (unpaired) electrons.